The molecule has 154 valence electrons. The van der Waals surface area contributed by atoms with E-state index in [1.165, 1.54) is 11.1 Å². The van der Waals surface area contributed by atoms with Gasteiger partial charge in [-0.1, -0.05) is 39.3 Å². The molecule has 1 aliphatic rings. The first-order valence-electron chi connectivity index (χ1n) is 10.2. The van der Waals surface area contributed by atoms with Crippen LogP contribution in [0.25, 0.3) is 0 Å². The summed E-state index contributed by atoms with van der Waals surface area (Å²) in [5, 5.41) is 3.19. The minimum atomic E-state index is 0.263. The summed E-state index contributed by atoms with van der Waals surface area (Å²) in [7, 11) is 1.68. The third kappa shape index (κ3) is 10.8. The molecular formula is C22H38N2O3. The highest BCUT2D eigenvalue weighted by Gasteiger charge is 2.13. The number of hydrogen-bond donors (Lipinski definition) is 1. The first-order valence-corrected chi connectivity index (χ1v) is 10.2. The Morgan fingerprint density at radius 2 is 1.89 bits per heavy atom. The van der Waals surface area contributed by atoms with E-state index in [-0.39, 0.29) is 5.78 Å². The molecule has 2 rings (SSSR count). The number of unbranched alkanes of at least 4 members (excludes halogenated alkanes) is 1. The zero-order valence-electron chi connectivity index (χ0n) is 17.8. The van der Waals surface area contributed by atoms with Gasteiger partial charge >= 0.3 is 0 Å². The number of methoxy groups -OCH3 is 1. The van der Waals surface area contributed by atoms with Gasteiger partial charge in [0.15, 0.2) is 5.78 Å². The Morgan fingerprint density at radius 1 is 1.19 bits per heavy atom. The Kier molecular flexibility index (Phi) is 15.2. The third-order valence-electron chi connectivity index (χ3n) is 4.24. The van der Waals surface area contributed by atoms with Crippen LogP contribution < -0.4 is 5.32 Å². The highest BCUT2D eigenvalue weighted by Crippen LogP contribution is 2.22. The third-order valence-corrected chi connectivity index (χ3v) is 4.24. The zero-order valence-corrected chi connectivity index (χ0v) is 17.8. The summed E-state index contributed by atoms with van der Waals surface area (Å²) in [6.45, 7) is 10.9. The van der Waals surface area contributed by atoms with Gasteiger partial charge < -0.3 is 15.0 Å². The molecule has 0 aliphatic carbocycles. The van der Waals surface area contributed by atoms with E-state index in [1.54, 1.807) is 7.11 Å². The summed E-state index contributed by atoms with van der Waals surface area (Å²) in [6, 6.07) is 6.31. The van der Waals surface area contributed by atoms with E-state index in [2.05, 4.69) is 35.2 Å². The van der Waals surface area contributed by atoms with Crippen molar-refractivity contribution in [3.8, 4) is 0 Å². The number of amides is 1. The van der Waals surface area contributed by atoms with Gasteiger partial charge in [0.1, 0.15) is 0 Å². The van der Waals surface area contributed by atoms with Crippen LogP contribution in [-0.4, -0.2) is 50.4 Å². The SMILES string of the molecule is CC.CCCCN(C=O)CCc1ccc2c(c1)CCC(=O)CN2.CCOC. The normalized spacial score (nSPS) is 12.3. The van der Waals surface area contributed by atoms with E-state index >= 15 is 0 Å². The number of carbonyl (C=O) groups is 2. The molecule has 0 unspecified atom stereocenters. The van der Waals surface area contributed by atoms with Gasteiger partial charge in [-0.15, -0.1) is 0 Å². The molecule has 1 N–H and O–H groups in total. The number of carbonyl (C=O) groups excluding carboxylic acids is 2. The predicted molar refractivity (Wildman–Crippen MR) is 113 cm³/mol. The van der Waals surface area contributed by atoms with Gasteiger partial charge in [-0.05, 0) is 43.4 Å². The summed E-state index contributed by atoms with van der Waals surface area (Å²) >= 11 is 0. The number of aryl methyl sites for hydroxylation is 1. The topological polar surface area (TPSA) is 58.6 Å². The van der Waals surface area contributed by atoms with Crippen molar-refractivity contribution in [1.29, 1.82) is 0 Å². The molecule has 0 fully saturated rings. The molecule has 0 spiro atoms. The maximum absolute atomic E-state index is 11.5. The van der Waals surface area contributed by atoms with Crippen molar-refractivity contribution >= 4 is 17.9 Å². The molecule has 0 atom stereocenters. The minimum Gasteiger partial charge on any atom is -0.385 e. The fourth-order valence-corrected chi connectivity index (χ4v) is 2.59. The maximum atomic E-state index is 11.5. The molecule has 0 saturated carbocycles. The average Bonchev–Trinajstić information content (AvgIpc) is 2.91. The average molecular weight is 379 g/mol. The van der Waals surface area contributed by atoms with E-state index in [9.17, 15) is 9.59 Å². The van der Waals surface area contributed by atoms with Crippen molar-refractivity contribution in [3.63, 3.8) is 0 Å². The molecule has 1 aliphatic heterocycles. The second-order valence-corrected chi connectivity index (χ2v) is 6.21. The van der Waals surface area contributed by atoms with Gasteiger partial charge in [0.05, 0.1) is 6.54 Å². The van der Waals surface area contributed by atoms with E-state index in [1.807, 2.05) is 25.7 Å². The molecule has 27 heavy (non-hydrogen) atoms. The van der Waals surface area contributed by atoms with Crippen molar-refractivity contribution in [2.75, 3.05) is 38.7 Å². The Bertz CT molecular complexity index is 530. The zero-order chi connectivity index (χ0) is 20.5. The Hall–Kier alpha value is -1.88. The Balaban J connectivity index is 0.000000998. The number of Topliss-reactive ketones (excluding diaryl/α,β-unsaturated/α-hetero) is 1. The number of ether oxygens (including phenoxy) is 1. The van der Waals surface area contributed by atoms with Crippen molar-refractivity contribution in [3.05, 3.63) is 29.3 Å². The molecule has 1 heterocycles. The van der Waals surface area contributed by atoms with Crippen molar-refractivity contribution in [2.45, 2.75) is 59.8 Å². The van der Waals surface area contributed by atoms with Crippen LogP contribution >= 0.6 is 0 Å². The van der Waals surface area contributed by atoms with Crippen LogP contribution in [0.15, 0.2) is 18.2 Å². The van der Waals surface area contributed by atoms with E-state index < -0.39 is 0 Å². The van der Waals surface area contributed by atoms with Crippen LogP contribution in [0.2, 0.25) is 0 Å². The summed E-state index contributed by atoms with van der Waals surface area (Å²) < 4.78 is 4.54. The van der Waals surface area contributed by atoms with Crippen LogP contribution in [0, 0.1) is 0 Å². The smallest absolute Gasteiger partial charge is 0.209 e. The Morgan fingerprint density at radius 3 is 2.48 bits per heavy atom. The summed E-state index contributed by atoms with van der Waals surface area (Å²) in [4.78, 5) is 24.4. The summed E-state index contributed by atoms with van der Waals surface area (Å²) in [5.41, 5.74) is 3.51. The lowest BCUT2D eigenvalue weighted by Gasteiger charge is -2.17. The minimum absolute atomic E-state index is 0.263. The highest BCUT2D eigenvalue weighted by molar-refractivity contribution is 5.84. The monoisotopic (exact) mass is 378 g/mol. The van der Waals surface area contributed by atoms with Gasteiger partial charge in [0.2, 0.25) is 6.41 Å². The number of nitrogens with zero attached hydrogens (tertiary/aromatic N) is 1. The fourth-order valence-electron chi connectivity index (χ4n) is 2.59. The van der Waals surface area contributed by atoms with E-state index in [4.69, 9.17) is 0 Å². The maximum Gasteiger partial charge on any atom is 0.209 e. The molecule has 0 bridgehead atoms. The fraction of sp³-hybridized carbons (Fsp3) is 0.636. The van der Waals surface area contributed by atoms with Crippen LogP contribution in [0.4, 0.5) is 5.69 Å². The Labute approximate surface area is 165 Å². The van der Waals surface area contributed by atoms with Crippen molar-refractivity contribution < 1.29 is 14.3 Å². The van der Waals surface area contributed by atoms with Crippen LogP contribution in [0.1, 0.15) is 58.1 Å². The van der Waals surface area contributed by atoms with Crippen LogP contribution in [-0.2, 0) is 27.2 Å². The van der Waals surface area contributed by atoms with Gasteiger partial charge in [0.25, 0.3) is 0 Å². The van der Waals surface area contributed by atoms with Gasteiger partial charge in [-0.25, -0.2) is 0 Å². The molecule has 1 aromatic carbocycles. The quantitative estimate of drug-likeness (QED) is 0.692. The first kappa shape index (κ1) is 25.1. The molecule has 0 aromatic heterocycles. The molecule has 0 saturated heterocycles. The van der Waals surface area contributed by atoms with E-state index in [0.717, 1.165) is 57.5 Å². The highest BCUT2D eigenvalue weighted by atomic mass is 16.5. The van der Waals surface area contributed by atoms with Crippen molar-refractivity contribution in [1.82, 2.24) is 4.90 Å². The number of hydrogen-bond acceptors (Lipinski definition) is 4. The number of rotatable bonds is 8. The summed E-state index contributed by atoms with van der Waals surface area (Å²) in [6.07, 6.45) is 5.38. The van der Waals surface area contributed by atoms with E-state index in [0.29, 0.717) is 13.0 Å². The standard InChI is InChI=1S/C17H24N2O2.C3H8O.C2H6/c1-2-3-9-19(13-20)10-8-14-4-7-17-15(11-14)5-6-16(21)12-18-17;1-3-4-2;1-2/h4,7,11,13,18H,2-3,5-6,8-10,12H2,1H3;3H2,1-2H3;1-2H3. The predicted octanol–water partition coefficient (Wildman–Crippen LogP) is 4.09. The molecular weight excluding hydrogens is 340 g/mol. The largest absolute Gasteiger partial charge is 0.385 e. The molecule has 0 radical (unpaired) electrons. The lowest BCUT2D eigenvalue weighted by atomic mass is 10.0. The number of anilines is 1. The molecule has 1 aromatic rings. The number of nitrogens with one attached hydrogen (secondary N) is 1. The number of ketones is 1. The van der Waals surface area contributed by atoms with Crippen LogP contribution in [0.3, 0.4) is 0 Å². The van der Waals surface area contributed by atoms with Crippen LogP contribution in [0.5, 0.6) is 0 Å². The van der Waals surface area contributed by atoms with Gasteiger partial charge in [-0.3, -0.25) is 9.59 Å². The lowest BCUT2D eigenvalue weighted by Crippen LogP contribution is -2.25. The summed E-state index contributed by atoms with van der Waals surface area (Å²) in [5.74, 6) is 0.263. The van der Waals surface area contributed by atoms with Crippen molar-refractivity contribution in [2.24, 2.45) is 0 Å². The first-order chi connectivity index (χ1) is 13.1. The van der Waals surface area contributed by atoms with Gasteiger partial charge in [-0.2, -0.15) is 0 Å². The lowest BCUT2D eigenvalue weighted by molar-refractivity contribution is -0.118. The second-order valence-electron chi connectivity index (χ2n) is 6.21. The van der Waals surface area contributed by atoms with Gasteiger partial charge in [0, 0.05) is 38.9 Å². The molecule has 1 amide bonds. The molecule has 5 heteroatoms. The molecule has 5 nitrogen and oxygen atoms in total. The number of benzene rings is 1. The second kappa shape index (κ2) is 16.3. The number of fused-ring (bicyclic) bond motifs is 1.